The Morgan fingerprint density at radius 3 is 2.50 bits per heavy atom. The minimum absolute atomic E-state index is 0.0253. The minimum Gasteiger partial charge on any atom is -0.462 e. The molecule has 1 aromatic heterocycles. The van der Waals surface area contributed by atoms with Crippen LogP contribution in [-0.2, 0) is 22.6 Å². The highest BCUT2D eigenvalue weighted by Crippen LogP contribution is 2.37. The monoisotopic (exact) mass is 432 g/mol. The Morgan fingerprint density at radius 1 is 1.00 bits per heavy atom. The highest BCUT2D eigenvalue weighted by atomic mass is 16.5. The van der Waals surface area contributed by atoms with E-state index in [0.717, 1.165) is 32.5 Å². The summed E-state index contributed by atoms with van der Waals surface area (Å²) in [5, 5.41) is 8.56. The van der Waals surface area contributed by atoms with Gasteiger partial charge in [0.1, 0.15) is 11.6 Å². The molecule has 166 valence electrons. The Kier molecular flexibility index (Phi) is 5.99. The highest BCUT2D eigenvalue weighted by Gasteiger charge is 2.41. The Bertz CT molecular complexity index is 1130. The third-order valence-corrected chi connectivity index (χ3v) is 6.74. The molecule has 1 saturated heterocycles. The molecule has 32 heavy (non-hydrogen) atoms. The second kappa shape index (κ2) is 9.20. The van der Waals surface area contributed by atoms with Crippen molar-refractivity contribution in [1.29, 1.82) is 0 Å². The van der Waals surface area contributed by atoms with E-state index in [2.05, 4.69) is 39.5 Å². The molecule has 0 radical (unpaired) electrons. The highest BCUT2D eigenvalue weighted by molar-refractivity contribution is 5.76. The first-order chi connectivity index (χ1) is 15.7. The summed E-state index contributed by atoms with van der Waals surface area (Å²) >= 11 is 0. The van der Waals surface area contributed by atoms with E-state index >= 15 is 0 Å². The number of piperidine rings is 1. The Balaban J connectivity index is 1.19. The molecule has 0 amide bonds. The van der Waals surface area contributed by atoms with Crippen LogP contribution in [0.25, 0.3) is 10.9 Å². The summed E-state index contributed by atoms with van der Waals surface area (Å²) in [4.78, 5) is 27.7. The number of hydrogen-bond donors (Lipinski definition) is 0. The topological polar surface area (TPSA) is 77.3 Å². The minimum atomic E-state index is -0.259. The van der Waals surface area contributed by atoms with Gasteiger partial charge in [-0.25, -0.2) is 4.68 Å². The summed E-state index contributed by atoms with van der Waals surface area (Å²) in [6, 6.07) is 17.6. The molecule has 7 nitrogen and oxygen atoms in total. The van der Waals surface area contributed by atoms with E-state index in [1.165, 1.54) is 16.7 Å². The number of aromatic nitrogens is 3. The molecule has 7 heteroatoms. The molecule has 0 N–H and O–H groups in total. The maximum Gasteiger partial charge on any atom is 0.307 e. The van der Waals surface area contributed by atoms with Crippen molar-refractivity contribution < 1.29 is 9.53 Å². The van der Waals surface area contributed by atoms with Crippen LogP contribution in [0.2, 0.25) is 0 Å². The zero-order chi connectivity index (χ0) is 21.9. The lowest BCUT2D eigenvalue weighted by Crippen LogP contribution is -2.52. The third kappa shape index (κ3) is 4.43. The average molecular weight is 433 g/mol. The van der Waals surface area contributed by atoms with E-state index in [0.29, 0.717) is 22.7 Å². The molecule has 2 aliphatic rings. The van der Waals surface area contributed by atoms with Gasteiger partial charge in [0.2, 0.25) is 0 Å². The Hall–Kier alpha value is -3.06. The fourth-order valence-electron chi connectivity index (χ4n) is 5.22. The molecule has 1 aliphatic carbocycles. The van der Waals surface area contributed by atoms with Crippen LogP contribution in [0.4, 0.5) is 0 Å². The van der Waals surface area contributed by atoms with Gasteiger partial charge in [0.05, 0.1) is 18.4 Å². The average Bonchev–Trinajstić information content (AvgIpc) is 2.80. The van der Waals surface area contributed by atoms with Gasteiger partial charge in [-0.1, -0.05) is 54.1 Å². The molecule has 0 spiro atoms. The molecule has 3 aromatic rings. The Morgan fingerprint density at radius 2 is 1.72 bits per heavy atom. The van der Waals surface area contributed by atoms with Crippen LogP contribution >= 0.6 is 0 Å². The number of nitrogens with zero attached hydrogens (tertiary/aromatic N) is 4. The van der Waals surface area contributed by atoms with Crippen molar-refractivity contribution >= 4 is 16.9 Å². The zero-order valence-corrected chi connectivity index (χ0v) is 18.1. The lowest BCUT2D eigenvalue weighted by molar-refractivity contribution is -0.164. The summed E-state index contributed by atoms with van der Waals surface area (Å²) in [7, 11) is 0. The predicted molar refractivity (Wildman–Crippen MR) is 121 cm³/mol. The first-order valence-electron chi connectivity index (χ1n) is 11.5. The van der Waals surface area contributed by atoms with Gasteiger partial charge < -0.3 is 4.74 Å². The van der Waals surface area contributed by atoms with Crippen LogP contribution in [0.3, 0.4) is 0 Å². The van der Waals surface area contributed by atoms with Crippen LogP contribution < -0.4 is 5.56 Å². The van der Waals surface area contributed by atoms with Crippen molar-refractivity contribution in [1.82, 2.24) is 19.9 Å². The van der Waals surface area contributed by atoms with Crippen molar-refractivity contribution in [2.45, 2.75) is 44.9 Å². The van der Waals surface area contributed by atoms with E-state index in [4.69, 9.17) is 4.74 Å². The fraction of sp³-hybridized carbons (Fsp3) is 0.440. The third-order valence-electron chi connectivity index (χ3n) is 6.74. The molecule has 2 bridgehead atoms. The van der Waals surface area contributed by atoms with Crippen LogP contribution in [0.5, 0.6) is 0 Å². The van der Waals surface area contributed by atoms with Crippen molar-refractivity contribution in [3.63, 3.8) is 0 Å². The van der Waals surface area contributed by atoms with Gasteiger partial charge in [-0.2, -0.15) is 0 Å². The number of benzene rings is 2. The fourth-order valence-corrected chi connectivity index (χ4v) is 5.22. The number of carbonyl (C=O) groups excluding carboxylic acids is 1. The van der Waals surface area contributed by atoms with Gasteiger partial charge in [0.25, 0.3) is 5.56 Å². The first kappa shape index (κ1) is 20.8. The maximum atomic E-state index is 12.7. The predicted octanol–water partition coefficient (Wildman–Crippen LogP) is 3.03. The van der Waals surface area contributed by atoms with Gasteiger partial charge in [-0.05, 0) is 30.5 Å². The normalized spacial score (nSPS) is 23.2. The van der Waals surface area contributed by atoms with Crippen LogP contribution in [0, 0.1) is 11.8 Å². The van der Waals surface area contributed by atoms with Gasteiger partial charge in [0.15, 0.2) is 0 Å². The number of rotatable bonds is 6. The zero-order valence-electron chi connectivity index (χ0n) is 18.1. The SMILES string of the molecule is O=C(CCn1nnc2ccccc2c1=O)OC1[C@H]2CCC[C@H]1CN(Cc1ccccc1)C2. The van der Waals surface area contributed by atoms with E-state index in [9.17, 15) is 9.59 Å². The molecule has 1 aliphatic heterocycles. The van der Waals surface area contributed by atoms with Crippen molar-refractivity contribution in [2.75, 3.05) is 13.1 Å². The number of likely N-dealkylation sites (tertiary alicyclic amines) is 1. The molecule has 1 saturated carbocycles. The second-order valence-electron chi connectivity index (χ2n) is 8.97. The number of aryl methyl sites for hydroxylation is 1. The number of fused-ring (bicyclic) bond motifs is 3. The first-order valence-corrected chi connectivity index (χ1v) is 11.5. The number of carbonyl (C=O) groups is 1. The van der Waals surface area contributed by atoms with Crippen LogP contribution in [0.1, 0.15) is 31.2 Å². The van der Waals surface area contributed by atoms with Gasteiger partial charge in [-0.3, -0.25) is 14.5 Å². The Labute approximate surface area is 187 Å². The van der Waals surface area contributed by atoms with Crippen LogP contribution in [0.15, 0.2) is 59.4 Å². The molecule has 2 heterocycles. The summed E-state index contributed by atoms with van der Waals surface area (Å²) in [5.41, 5.74) is 1.66. The van der Waals surface area contributed by atoms with E-state index in [-0.39, 0.29) is 30.6 Å². The maximum absolute atomic E-state index is 12.7. The summed E-state index contributed by atoms with van der Waals surface area (Å²) in [6.07, 6.45) is 3.48. The molecule has 2 atom stereocenters. The molecule has 0 unspecified atom stereocenters. The lowest BCUT2D eigenvalue weighted by atomic mass is 9.75. The second-order valence-corrected chi connectivity index (χ2v) is 8.97. The number of ether oxygens (including phenoxy) is 1. The van der Waals surface area contributed by atoms with Gasteiger partial charge in [-0.15, -0.1) is 5.10 Å². The van der Waals surface area contributed by atoms with E-state index in [1.54, 1.807) is 18.2 Å². The van der Waals surface area contributed by atoms with Crippen LogP contribution in [-0.4, -0.2) is 45.1 Å². The smallest absolute Gasteiger partial charge is 0.307 e. The van der Waals surface area contributed by atoms with Crippen molar-refractivity contribution in [3.05, 3.63) is 70.5 Å². The lowest BCUT2D eigenvalue weighted by Gasteiger charge is -2.46. The molecule has 2 fully saturated rings. The summed E-state index contributed by atoms with van der Waals surface area (Å²) in [5.74, 6) is 0.488. The number of esters is 1. The molecule has 2 aromatic carbocycles. The number of hydrogen-bond acceptors (Lipinski definition) is 6. The molecular weight excluding hydrogens is 404 g/mol. The van der Waals surface area contributed by atoms with E-state index in [1.807, 2.05) is 12.1 Å². The molecule has 5 rings (SSSR count). The summed E-state index contributed by atoms with van der Waals surface area (Å²) in [6.45, 7) is 3.04. The van der Waals surface area contributed by atoms with Gasteiger partial charge in [0, 0.05) is 31.5 Å². The van der Waals surface area contributed by atoms with Crippen molar-refractivity contribution in [2.24, 2.45) is 11.8 Å². The van der Waals surface area contributed by atoms with Crippen molar-refractivity contribution in [3.8, 4) is 0 Å². The summed E-state index contributed by atoms with van der Waals surface area (Å²) < 4.78 is 7.23. The largest absolute Gasteiger partial charge is 0.462 e. The van der Waals surface area contributed by atoms with E-state index < -0.39 is 0 Å². The quantitative estimate of drug-likeness (QED) is 0.557. The standard InChI is InChI=1S/C25H28N4O3/c30-23(13-14-29-25(31)21-11-4-5-12-22(21)26-27-29)32-24-19-9-6-10-20(24)17-28(16-19)15-18-7-2-1-3-8-18/h1-5,7-8,11-12,19-20,24H,6,9-10,13-17H2/t19-,20-/m0/s1. The van der Waals surface area contributed by atoms with Gasteiger partial charge >= 0.3 is 5.97 Å². The molecular formula is C25H28N4O3.